The van der Waals surface area contributed by atoms with Gasteiger partial charge in [0.25, 0.3) is 5.91 Å². The van der Waals surface area contributed by atoms with E-state index in [1.165, 1.54) is 24.3 Å². The van der Waals surface area contributed by atoms with Crippen LogP contribution in [0.2, 0.25) is 0 Å². The molecule has 0 spiro atoms. The van der Waals surface area contributed by atoms with Crippen LogP contribution in [0.4, 0.5) is 5.69 Å². The molecule has 2 N–H and O–H groups in total. The molecule has 0 bridgehead atoms. The average Bonchev–Trinajstić information content (AvgIpc) is 3.52. The Hall–Kier alpha value is -4.28. The van der Waals surface area contributed by atoms with Crippen molar-refractivity contribution >= 4 is 23.0 Å². The van der Waals surface area contributed by atoms with Crippen LogP contribution in [0, 0.1) is 0 Å². The lowest BCUT2D eigenvalue weighted by molar-refractivity contribution is -0.116. The lowest BCUT2D eigenvalue weighted by Crippen LogP contribution is -2.25. The minimum absolute atomic E-state index is 0.186. The number of carbonyl (C=O) groups is 2. The Morgan fingerprint density at radius 3 is 2.94 bits per heavy atom. The molecule has 4 aromatic rings. The van der Waals surface area contributed by atoms with Crippen molar-refractivity contribution in [2.75, 3.05) is 19.0 Å². The van der Waals surface area contributed by atoms with E-state index in [-0.39, 0.29) is 11.8 Å². The quantitative estimate of drug-likeness (QED) is 0.420. The number of fused-ring (bicyclic) bond motifs is 2. The summed E-state index contributed by atoms with van der Waals surface area (Å²) in [5, 5.41) is 14.0. The Labute approximate surface area is 182 Å². The topological polar surface area (TPSA) is 128 Å². The van der Waals surface area contributed by atoms with Gasteiger partial charge >= 0.3 is 0 Å². The zero-order chi connectivity index (χ0) is 22.1. The molecule has 2 amide bonds. The second-order valence-corrected chi connectivity index (χ2v) is 7.29. The number of rotatable bonds is 7. The Morgan fingerprint density at radius 2 is 2.12 bits per heavy atom. The molecule has 3 aromatic heterocycles. The van der Waals surface area contributed by atoms with Crippen molar-refractivity contribution in [1.29, 1.82) is 0 Å². The van der Waals surface area contributed by atoms with Crippen LogP contribution in [0.15, 0.2) is 49.4 Å². The molecule has 0 radical (unpaired) electrons. The summed E-state index contributed by atoms with van der Waals surface area (Å²) >= 11 is 0. The van der Waals surface area contributed by atoms with Crippen LogP contribution in [0.25, 0.3) is 5.52 Å². The fraction of sp³-hybridized carbons (Fsp3) is 0.238. The van der Waals surface area contributed by atoms with Crippen LogP contribution >= 0.6 is 0 Å². The van der Waals surface area contributed by atoms with Crippen LogP contribution in [-0.4, -0.2) is 54.8 Å². The van der Waals surface area contributed by atoms with Crippen molar-refractivity contribution in [3.63, 3.8) is 0 Å². The minimum atomic E-state index is -0.626. The number of anilines is 1. The largest absolute Gasteiger partial charge is 0.494 e. The van der Waals surface area contributed by atoms with Crippen molar-refractivity contribution in [1.82, 2.24) is 34.7 Å². The lowest BCUT2D eigenvalue weighted by atomic mass is 9.96. The van der Waals surface area contributed by atoms with Crippen LogP contribution < -0.4 is 15.4 Å². The van der Waals surface area contributed by atoms with Crippen molar-refractivity contribution in [3.05, 3.63) is 66.3 Å². The number of carbonyl (C=O) groups excluding carboxylic acids is 2. The highest BCUT2D eigenvalue weighted by atomic mass is 16.5. The number of hydrogen-bond donors (Lipinski definition) is 2. The molecule has 162 valence electrons. The van der Waals surface area contributed by atoms with Gasteiger partial charge < -0.3 is 15.4 Å². The molecule has 0 saturated heterocycles. The van der Waals surface area contributed by atoms with Gasteiger partial charge in [-0.15, -0.1) is 0 Å². The Bertz CT molecular complexity index is 1300. The van der Waals surface area contributed by atoms with Gasteiger partial charge in [-0.05, 0) is 18.1 Å². The predicted octanol–water partition coefficient (Wildman–Crippen LogP) is 1.23. The molecular formula is C21H20N8O3. The molecule has 1 aliphatic heterocycles. The number of nitrogens with one attached hydrogen (secondary N) is 2. The maximum atomic E-state index is 12.9. The van der Waals surface area contributed by atoms with Gasteiger partial charge in [-0.1, -0.05) is 18.2 Å². The third-order valence-corrected chi connectivity index (χ3v) is 5.39. The van der Waals surface area contributed by atoms with E-state index in [4.69, 9.17) is 4.74 Å². The molecule has 1 aliphatic rings. The highest BCUT2D eigenvalue weighted by Gasteiger charge is 2.36. The molecule has 4 heterocycles. The molecule has 32 heavy (non-hydrogen) atoms. The second kappa shape index (κ2) is 8.10. The molecule has 0 saturated carbocycles. The monoisotopic (exact) mass is 432 g/mol. The van der Waals surface area contributed by atoms with E-state index in [9.17, 15) is 9.59 Å². The van der Waals surface area contributed by atoms with Gasteiger partial charge in [-0.3, -0.25) is 14.3 Å². The normalized spacial score (nSPS) is 14.9. The first-order chi connectivity index (χ1) is 15.7. The van der Waals surface area contributed by atoms with E-state index in [1.54, 1.807) is 17.2 Å². The number of hydrogen-bond acceptors (Lipinski definition) is 7. The molecule has 1 atom stereocenters. The summed E-state index contributed by atoms with van der Waals surface area (Å²) in [5.74, 6) is -0.784. The molecule has 0 aliphatic carbocycles. The van der Waals surface area contributed by atoms with Gasteiger partial charge in [-0.25, -0.2) is 14.5 Å². The lowest BCUT2D eigenvalue weighted by Gasteiger charge is -2.11. The smallest absolute Gasteiger partial charge is 0.256 e. The molecule has 11 heteroatoms. The third kappa shape index (κ3) is 3.33. The summed E-state index contributed by atoms with van der Waals surface area (Å²) in [6.45, 7) is 1.09. The summed E-state index contributed by atoms with van der Waals surface area (Å²) in [6, 6.07) is 7.46. The summed E-state index contributed by atoms with van der Waals surface area (Å²) < 4.78 is 8.82. The van der Waals surface area contributed by atoms with Gasteiger partial charge in [0.05, 0.1) is 12.8 Å². The number of benzene rings is 1. The van der Waals surface area contributed by atoms with Gasteiger partial charge in [-0.2, -0.15) is 10.2 Å². The van der Waals surface area contributed by atoms with E-state index < -0.39 is 5.92 Å². The standard InChI is InChI=1S/C21H20N8O3/c1-32-19-14(20(30)23-7-4-8-28-12-22-10-25-28)9-29-18(19)17(24-11-26-29)16-13-5-2-3-6-15(13)27-21(16)31/h2-3,5-6,9-12,16H,4,7-8H2,1H3,(H,23,30)(H,27,31). The van der Waals surface area contributed by atoms with Crippen LogP contribution in [0.3, 0.4) is 0 Å². The SMILES string of the molecule is COc1c(C(=O)NCCCn2cncn2)cn2ncnc(C3C(=O)Nc4ccccc43)c12. The fourth-order valence-electron chi connectivity index (χ4n) is 3.95. The van der Waals surface area contributed by atoms with Crippen LogP contribution in [0.5, 0.6) is 5.75 Å². The van der Waals surface area contributed by atoms with Crippen molar-refractivity contribution in [3.8, 4) is 5.75 Å². The molecule has 11 nitrogen and oxygen atoms in total. The summed E-state index contributed by atoms with van der Waals surface area (Å²) in [7, 11) is 1.48. The average molecular weight is 432 g/mol. The van der Waals surface area contributed by atoms with Crippen molar-refractivity contribution in [2.45, 2.75) is 18.9 Å². The van der Waals surface area contributed by atoms with E-state index in [0.717, 1.165) is 11.3 Å². The Balaban J connectivity index is 1.45. The molecule has 5 rings (SSSR count). The number of amides is 2. The molecule has 1 aromatic carbocycles. The molecule has 0 fully saturated rings. The summed E-state index contributed by atoms with van der Waals surface area (Å²) in [4.78, 5) is 34.0. The predicted molar refractivity (Wildman–Crippen MR) is 113 cm³/mol. The number of ether oxygens (including phenoxy) is 1. The van der Waals surface area contributed by atoms with Crippen LogP contribution in [-0.2, 0) is 11.3 Å². The van der Waals surface area contributed by atoms with Gasteiger partial charge in [0.15, 0.2) is 5.75 Å². The Morgan fingerprint density at radius 1 is 1.25 bits per heavy atom. The van der Waals surface area contributed by atoms with Crippen molar-refractivity contribution in [2.24, 2.45) is 0 Å². The number of para-hydroxylation sites is 1. The van der Waals surface area contributed by atoms with Gasteiger partial charge in [0, 0.05) is 25.0 Å². The highest BCUT2D eigenvalue weighted by Crippen LogP contribution is 2.40. The first-order valence-corrected chi connectivity index (χ1v) is 10.1. The van der Waals surface area contributed by atoms with E-state index in [1.807, 2.05) is 24.3 Å². The maximum Gasteiger partial charge on any atom is 0.256 e. The number of nitrogens with zero attached hydrogens (tertiary/aromatic N) is 6. The number of aromatic nitrogens is 6. The van der Waals surface area contributed by atoms with Crippen LogP contribution in [0.1, 0.15) is 34.0 Å². The summed E-state index contributed by atoms with van der Waals surface area (Å²) in [5.41, 5.74) is 2.85. The second-order valence-electron chi connectivity index (χ2n) is 7.29. The number of methoxy groups -OCH3 is 1. The minimum Gasteiger partial charge on any atom is -0.494 e. The Kier molecular flexibility index (Phi) is 4.98. The number of aryl methyl sites for hydroxylation is 1. The zero-order valence-corrected chi connectivity index (χ0v) is 17.2. The first-order valence-electron chi connectivity index (χ1n) is 10.1. The fourth-order valence-corrected chi connectivity index (χ4v) is 3.95. The maximum absolute atomic E-state index is 12.9. The van der Waals surface area contributed by atoms with E-state index >= 15 is 0 Å². The zero-order valence-electron chi connectivity index (χ0n) is 17.2. The van der Waals surface area contributed by atoms with E-state index in [2.05, 4.69) is 30.8 Å². The van der Waals surface area contributed by atoms with Gasteiger partial charge in [0.2, 0.25) is 5.91 Å². The summed E-state index contributed by atoms with van der Waals surface area (Å²) in [6.07, 6.45) is 6.75. The van der Waals surface area contributed by atoms with Gasteiger partial charge in [0.1, 0.15) is 36.0 Å². The highest BCUT2D eigenvalue weighted by molar-refractivity contribution is 6.07. The molecular weight excluding hydrogens is 412 g/mol. The van der Waals surface area contributed by atoms with E-state index in [0.29, 0.717) is 42.0 Å². The third-order valence-electron chi connectivity index (χ3n) is 5.39. The molecule has 1 unspecified atom stereocenters. The van der Waals surface area contributed by atoms with Crippen molar-refractivity contribution < 1.29 is 14.3 Å². The first kappa shape index (κ1) is 19.7.